The SMILES string of the molecule is Cc1ccc(S(=O)(=O)O)cc1.N=C(N)SCC(O)C(O)CSC(=N)N. The highest BCUT2D eigenvalue weighted by molar-refractivity contribution is 8.14. The van der Waals surface area contributed by atoms with Crippen molar-refractivity contribution >= 4 is 44.0 Å². The summed E-state index contributed by atoms with van der Waals surface area (Å²) >= 11 is 1.92. The first-order chi connectivity index (χ1) is 11.4. The van der Waals surface area contributed by atoms with Gasteiger partial charge in [0.15, 0.2) is 10.3 Å². The van der Waals surface area contributed by atoms with E-state index in [9.17, 15) is 18.6 Å². The number of aliphatic hydroxyl groups excluding tert-OH is 2. The molecular weight excluding hydrogens is 388 g/mol. The number of thioether (sulfide) groups is 2. The Labute approximate surface area is 155 Å². The molecule has 0 aliphatic carbocycles. The van der Waals surface area contributed by atoms with Gasteiger partial charge >= 0.3 is 0 Å². The van der Waals surface area contributed by atoms with Crippen LogP contribution in [0.3, 0.4) is 0 Å². The summed E-state index contributed by atoms with van der Waals surface area (Å²) in [5, 5.41) is 32.2. The Bertz CT molecular complexity index is 645. The van der Waals surface area contributed by atoms with Gasteiger partial charge in [0.25, 0.3) is 10.1 Å². The summed E-state index contributed by atoms with van der Waals surface area (Å²) in [6.45, 7) is 1.84. The third-order valence-corrected chi connectivity index (χ3v) is 5.09. The molecule has 0 amide bonds. The number of benzene rings is 1. The van der Waals surface area contributed by atoms with Crippen LogP contribution in [0.1, 0.15) is 5.56 Å². The highest BCUT2D eigenvalue weighted by Crippen LogP contribution is 2.10. The van der Waals surface area contributed by atoms with Gasteiger partial charge in [-0.25, -0.2) is 0 Å². The summed E-state index contributed by atoms with van der Waals surface area (Å²) in [6.07, 6.45) is -1.92. The maximum Gasteiger partial charge on any atom is 0.294 e. The number of rotatable bonds is 6. The molecule has 0 saturated carbocycles. The van der Waals surface area contributed by atoms with Gasteiger partial charge in [-0.1, -0.05) is 41.2 Å². The zero-order chi connectivity index (χ0) is 19.6. The van der Waals surface area contributed by atoms with Crippen molar-refractivity contribution in [3.63, 3.8) is 0 Å². The summed E-state index contributed by atoms with van der Waals surface area (Å²) in [7, 11) is -4.02. The molecule has 142 valence electrons. The van der Waals surface area contributed by atoms with Gasteiger partial charge < -0.3 is 21.7 Å². The van der Waals surface area contributed by atoms with Crippen molar-refractivity contribution < 1.29 is 23.2 Å². The van der Waals surface area contributed by atoms with Gasteiger partial charge in [0.2, 0.25) is 0 Å². The molecule has 9 nitrogen and oxygen atoms in total. The van der Waals surface area contributed by atoms with Crippen molar-refractivity contribution in [2.45, 2.75) is 24.0 Å². The molecule has 0 radical (unpaired) electrons. The fourth-order valence-corrected chi connectivity index (χ4v) is 2.91. The predicted octanol–water partition coefficient (Wildman–Crippen LogP) is 0.203. The largest absolute Gasteiger partial charge is 0.390 e. The number of aliphatic hydroxyl groups is 2. The van der Waals surface area contributed by atoms with Crippen LogP contribution in [0.2, 0.25) is 0 Å². The molecule has 25 heavy (non-hydrogen) atoms. The quantitative estimate of drug-likeness (QED) is 0.195. The number of nitrogens with two attached hydrogens (primary N) is 2. The van der Waals surface area contributed by atoms with E-state index in [4.69, 9.17) is 26.8 Å². The summed E-state index contributed by atoms with van der Waals surface area (Å²) in [4.78, 5) is -0.0666. The normalized spacial score (nSPS) is 13.3. The first-order valence-corrected chi connectivity index (χ1v) is 10.2. The average Bonchev–Trinajstić information content (AvgIpc) is 2.50. The Kier molecular flexibility index (Phi) is 10.7. The van der Waals surface area contributed by atoms with Crippen LogP contribution >= 0.6 is 23.5 Å². The molecular formula is C13H22N4O5S3. The van der Waals surface area contributed by atoms with Gasteiger partial charge in [-0.15, -0.1) is 0 Å². The van der Waals surface area contributed by atoms with Crippen molar-refractivity contribution in [2.75, 3.05) is 11.5 Å². The highest BCUT2D eigenvalue weighted by atomic mass is 32.2. The van der Waals surface area contributed by atoms with Gasteiger partial charge in [-0.3, -0.25) is 15.4 Å². The summed E-state index contributed by atoms with van der Waals surface area (Å²) < 4.78 is 29.6. The minimum atomic E-state index is -4.02. The van der Waals surface area contributed by atoms with Gasteiger partial charge in [0, 0.05) is 11.5 Å². The average molecular weight is 411 g/mol. The lowest BCUT2D eigenvalue weighted by molar-refractivity contribution is 0.0502. The zero-order valence-electron chi connectivity index (χ0n) is 13.4. The molecule has 0 aliphatic rings. The summed E-state index contributed by atoms with van der Waals surface area (Å²) in [6, 6.07) is 5.99. The van der Waals surface area contributed by atoms with Crippen molar-refractivity contribution in [1.82, 2.24) is 0 Å². The van der Waals surface area contributed by atoms with Crippen LogP contribution in [-0.2, 0) is 10.1 Å². The van der Waals surface area contributed by atoms with E-state index in [1.165, 1.54) is 12.1 Å². The molecule has 1 aromatic carbocycles. The minimum Gasteiger partial charge on any atom is -0.390 e. The maximum absolute atomic E-state index is 10.5. The molecule has 2 atom stereocenters. The predicted molar refractivity (Wildman–Crippen MR) is 102 cm³/mol. The molecule has 0 aromatic heterocycles. The second kappa shape index (κ2) is 11.3. The van der Waals surface area contributed by atoms with E-state index in [2.05, 4.69) is 0 Å². The lowest BCUT2D eigenvalue weighted by Crippen LogP contribution is -2.32. The molecule has 1 aromatic rings. The number of hydrogen-bond donors (Lipinski definition) is 7. The first-order valence-electron chi connectivity index (χ1n) is 6.77. The van der Waals surface area contributed by atoms with Crippen molar-refractivity contribution in [1.29, 1.82) is 10.8 Å². The van der Waals surface area contributed by atoms with E-state index in [1.54, 1.807) is 12.1 Å². The molecule has 0 fully saturated rings. The molecule has 0 aliphatic heterocycles. The van der Waals surface area contributed by atoms with Crippen LogP contribution < -0.4 is 11.5 Å². The van der Waals surface area contributed by atoms with Crippen LogP contribution in [0.4, 0.5) is 0 Å². The number of aryl methyl sites for hydroxylation is 1. The van der Waals surface area contributed by atoms with Crippen LogP contribution in [0.5, 0.6) is 0 Å². The molecule has 0 heterocycles. The molecule has 0 bridgehead atoms. The van der Waals surface area contributed by atoms with Gasteiger partial charge in [-0.05, 0) is 19.1 Å². The first kappa shape index (κ1) is 23.7. The third kappa shape index (κ3) is 11.8. The van der Waals surface area contributed by atoms with Gasteiger partial charge in [-0.2, -0.15) is 8.42 Å². The second-order valence-corrected chi connectivity index (χ2v) is 8.32. The standard InChI is InChI=1S/C7H8O3S.C6H14N4O2S2/c1-6-2-4-7(5-3-6)11(8,9)10;7-5(8)13-1-3(11)4(12)2-14-6(9)10/h2-5H,1H3,(H,8,9,10);3-4,11-12H,1-2H2,(H3,7,8)(H3,9,10). The van der Waals surface area contributed by atoms with Gasteiger partial charge in [0.1, 0.15) is 0 Å². The Morgan fingerprint density at radius 1 is 1.04 bits per heavy atom. The Morgan fingerprint density at radius 2 is 1.40 bits per heavy atom. The van der Waals surface area contributed by atoms with Crippen LogP contribution in [0.25, 0.3) is 0 Å². The van der Waals surface area contributed by atoms with E-state index in [0.29, 0.717) is 0 Å². The lowest BCUT2D eigenvalue weighted by atomic mass is 10.2. The second-order valence-electron chi connectivity index (χ2n) is 4.77. The highest BCUT2D eigenvalue weighted by Gasteiger charge is 2.17. The van der Waals surface area contributed by atoms with E-state index in [1.807, 2.05) is 6.92 Å². The van der Waals surface area contributed by atoms with Crippen molar-refractivity contribution in [2.24, 2.45) is 11.5 Å². The van der Waals surface area contributed by atoms with E-state index in [0.717, 1.165) is 29.1 Å². The molecule has 9 N–H and O–H groups in total. The fraction of sp³-hybridized carbons (Fsp3) is 0.385. The Morgan fingerprint density at radius 3 is 1.68 bits per heavy atom. The third-order valence-electron chi connectivity index (χ3n) is 2.58. The van der Waals surface area contributed by atoms with E-state index < -0.39 is 22.3 Å². The van der Waals surface area contributed by atoms with E-state index >= 15 is 0 Å². The number of hydrogen-bond acceptors (Lipinski definition) is 8. The van der Waals surface area contributed by atoms with Crippen molar-refractivity contribution in [3.8, 4) is 0 Å². The van der Waals surface area contributed by atoms with Gasteiger partial charge in [0.05, 0.1) is 17.1 Å². The van der Waals surface area contributed by atoms with Crippen LogP contribution in [-0.4, -0.2) is 57.2 Å². The fourth-order valence-electron chi connectivity index (χ4n) is 1.28. The Hall–Kier alpha value is -1.31. The monoisotopic (exact) mass is 410 g/mol. The summed E-state index contributed by atoms with van der Waals surface area (Å²) in [5.41, 5.74) is 11.1. The van der Waals surface area contributed by atoms with Crippen LogP contribution in [0, 0.1) is 17.7 Å². The molecule has 1 rings (SSSR count). The van der Waals surface area contributed by atoms with Crippen molar-refractivity contribution in [3.05, 3.63) is 29.8 Å². The van der Waals surface area contributed by atoms with Crippen LogP contribution in [0.15, 0.2) is 29.2 Å². The maximum atomic E-state index is 10.5. The molecule has 0 spiro atoms. The smallest absolute Gasteiger partial charge is 0.294 e. The molecule has 2 unspecified atom stereocenters. The number of nitrogens with one attached hydrogen (secondary N) is 2. The van der Waals surface area contributed by atoms with E-state index in [-0.39, 0.29) is 26.7 Å². The summed E-state index contributed by atoms with van der Waals surface area (Å²) in [5.74, 6) is 0.323. The topological polar surface area (TPSA) is 195 Å². The lowest BCUT2D eigenvalue weighted by Gasteiger charge is -2.16. The minimum absolute atomic E-state index is 0.0666. The number of amidine groups is 2. The molecule has 0 saturated heterocycles. The Balaban J connectivity index is 0.000000472. The molecule has 12 heteroatoms. The zero-order valence-corrected chi connectivity index (χ0v) is 15.9.